The third kappa shape index (κ3) is 6.20. The standard InChI is InChI=1S/C31H30F5N3O6/c1-16-6-8-22(29(41)43-28(40)18-10-12-37-13-11-18)26-25(16)27(30(32,33)34)38-39(26)20-4-3-5-21(15-20)42-17(2)19-7-9-23-24(14-19)45-31(35,36)44-23/h3-5,7,9,14-18,22,37H,6,8,10-13H2,1-2H3/t16?,17-,22?/m0/s1. The maximum Gasteiger partial charge on any atom is 0.586 e. The van der Waals surface area contributed by atoms with Crippen LogP contribution < -0.4 is 19.5 Å². The van der Waals surface area contributed by atoms with Gasteiger partial charge in [0.25, 0.3) is 0 Å². The first-order valence-corrected chi connectivity index (χ1v) is 14.6. The molecule has 14 heteroatoms. The number of hydrogen-bond donors (Lipinski definition) is 1. The minimum Gasteiger partial charge on any atom is -0.486 e. The van der Waals surface area contributed by atoms with Gasteiger partial charge in [0.05, 0.1) is 17.3 Å². The average molecular weight is 636 g/mol. The largest absolute Gasteiger partial charge is 0.586 e. The second-order valence-electron chi connectivity index (χ2n) is 11.5. The molecule has 2 unspecified atom stereocenters. The van der Waals surface area contributed by atoms with Crippen LogP contribution in [-0.4, -0.2) is 41.1 Å². The molecule has 3 atom stereocenters. The topological polar surface area (TPSA) is 101 Å². The number of hydrogen-bond acceptors (Lipinski definition) is 8. The van der Waals surface area contributed by atoms with E-state index in [9.17, 15) is 31.5 Å². The first kappa shape index (κ1) is 30.8. The summed E-state index contributed by atoms with van der Waals surface area (Å²) < 4.78 is 91.1. The highest BCUT2D eigenvalue weighted by Gasteiger charge is 2.46. The van der Waals surface area contributed by atoms with Crippen molar-refractivity contribution in [2.45, 2.75) is 69.9 Å². The monoisotopic (exact) mass is 635 g/mol. The Morgan fingerprint density at radius 1 is 1.02 bits per heavy atom. The molecule has 2 aliphatic heterocycles. The van der Waals surface area contributed by atoms with E-state index in [0.717, 1.165) is 4.68 Å². The Morgan fingerprint density at radius 3 is 2.49 bits per heavy atom. The molecule has 0 amide bonds. The van der Waals surface area contributed by atoms with Crippen LogP contribution in [0.15, 0.2) is 42.5 Å². The van der Waals surface area contributed by atoms with E-state index in [4.69, 9.17) is 9.47 Å². The summed E-state index contributed by atoms with van der Waals surface area (Å²) in [6.45, 7) is 4.50. The molecule has 2 aromatic carbocycles. The molecular formula is C31H30F5N3O6. The molecule has 0 bridgehead atoms. The zero-order valence-electron chi connectivity index (χ0n) is 24.3. The van der Waals surface area contributed by atoms with Crippen molar-refractivity contribution in [3.8, 4) is 22.9 Å². The molecule has 0 radical (unpaired) electrons. The first-order chi connectivity index (χ1) is 21.3. The van der Waals surface area contributed by atoms with E-state index < -0.39 is 54.0 Å². The van der Waals surface area contributed by atoms with Crippen molar-refractivity contribution < 1.29 is 50.5 Å². The number of carbonyl (C=O) groups excluding carboxylic acids is 2. The van der Waals surface area contributed by atoms with Crippen molar-refractivity contribution >= 4 is 11.9 Å². The summed E-state index contributed by atoms with van der Waals surface area (Å²) in [7, 11) is 0. The van der Waals surface area contributed by atoms with Crippen molar-refractivity contribution in [2.75, 3.05) is 13.1 Å². The molecular weight excluding hydrogens is 605 g/mol. The summed E-state index contributed by atoms with van der Waals surface area (Å²) in [6.07, 6.45) is -7.83. The highest BCUT2D eigenvalue weighted by atomic mass is 19.4. The van der Waals surface area contributed by atoms with Crippen LogP contribution in [0.4, 0.5) is 22.0 Å². The fourth-order valence-corrected chi connectivity index (χ4v) is 6.09. The number of nitrogens with zero attached hydrogens (tertiary/aromatic N) is 2. The van der Waals surface area contributed by atoms with Gasteiger partial charge in [0.15, 0.2) is 17.2 Å². The van der Waals surface area contributed by atoms with Crippen LogP contribution in [0.25, 0.3) is 5.69 Å². The Morgan fingerprint density at radius 2 is 1.76 bits per heavy atom. The minimum absolute atomic E-state index is 0.0195. The number of aromatic nitrogens is 2. The quantitative estimate of drug-likeness (QED) is 0.189. The minimum atomic E-state index is -4.81. The van der Waals surface area contributed by atoms with Crippen molar-refractivity contribution in [1.82, 2.24) is 15.1 Å². The van der Waals surface area contributed by atoms with Gasteiger partial charge in [-0.15, -0.1) is 8.78 Å². The molecule has 1 fully saturated rings. The Kier molecular flexibility index (Phi) is 7.96. The molecule has 1 saturated heterocycles. The van der Waals surface area contributed by atoms with Gasteiger partial charge in [-0.25, -0.2) is 4.68 Å². The number of piperidine rings is 1. The predicted molar refractivity (Wildman–Crippen MR) is 147 cm³/mol. The summed E-state index contributed by atoms with van der Waals surface area (Å²) in [6, 6.07) is 10.3. The summed E-state index contributed by atoms with van der Waals surface area (Å²) in [4.78, 5) is 26.1. The van der Waals surface area contributed by atoms with Gasteiger partial charge in [0.2, 0.25) is 0 Å². The SMILES string of the molecule is CC1CCC(C(=O)OC(=O)C2CCNCC2)c2c1c(C(F)(F)F)nn2-c1cccc(O[C@@H](C)c2ccc3c(c2)OC(F)(F)O3)c1. The Bertz CT molecular complexity index is 1620. The van der Waals surface area contributed by atoms with Gasteiger partial charge in [0.1, 0.15) is 17.8 Å². The summed E-state index contributed by atoms with van der Waals surface area (Å²) in [5.41, 5.74) is -0.531. The van der Waals surface area contributed by atoms with E-state index in [-0.39, 0.29) is 47.0 Å². The maximum atomic E-state index is 14.3. The van der Waals surface area contributed by atoms with Gasteiger partial charge in [-0.3, -0.25) is 9.59 Å². The van der Waals surface area contributed by atoms with Crippen molar-refractivity contribution in [3.05, 3.63) is 65.0 Å². The van der Waals surface area contributed by atoms with Crippen LogP contribution in [0.5, 0.6) is 17.2 Å². The van der Waals surface area contributed by atoms with Gasteiger partial charge < -0.3 is 24.3 Å². The van der Waals surface area contributed by atoms with Gasteiger partial charge in [-0.1, -0.05) is 19.1 Å². The Balaban J connectivity index is 1.31. The number of carbonyl (C=O) groups is 2. The molecule has 3 heterocycles. The zero-order valence-corrected chi connectivity index (χ0v) is 24.3. The number of alkyl halides is 5. The van der Waals surface area contributed by atoms with Crippen molar-refractivity contribution in [3.63, 3.8) is 0 Å². The molecule has 6 rings (SSSR count). The number of ether oxygens (including phenoxy) is 4. The molecule has 1 aliphatic carbocycles. The molecule has 1 aromatic heterocycles. The molecule has 3 aliphatic rings. The van der Waals surface area contributed by atoms with Crippen LogP contribution >= 0.6 is 0 Å². The van der Waals surface area contributed by atoms with E-state index in [1.165, 1.54) is 30.3 Å². The second-order valence-corrected chi connectivity index (χ2v) is 11.5. The van der Waals surface area contributed by atoms with E-state index in [1.54, 1.807) is 26.0 Å². The Labute approximate surface area is 254 Å². The van der Waals surface area contributed by atoms with Gasteiger partial charge >= 0.3 is 24.4 Å². The zero-order chi connectivity index (χ0) is 32.1. The fraction of sp³-hybridized carbons (Fsp3) is 0.452. The number of esters is 2. The lowest BCUT2D eigenvalue weighted by atomic mass is 9.80. The lowest BCUT2D eigenvalue weighted by Gasteiger charge is -2.28. The number of fused-ring (bicyclic) bond motifs is 2. The third-order valence-corrected chi connectivity index (χ3v) is 8.37. The lowest BCUT2D eigenvalue weighted by molar-refractivity contribution is -0.286. The third-order valence-electron chi connectivity index (χ3n) is 8.37. The predicted octanol–water partition coefficient (Wildman–Crippen LogP) is 6.40. The number of rotatable bonds is 6. The highest BCUT2D eigenvalue weighted by Crippen LogP contribution is 2.47. The summed E-state index contributed by atoms with van der Waals surface area (Å²) in [5.74, 6) is -3.81. The number of halogens is 5. The van der Waals surface area contributed by atoms with Crippen molar-refractivity contribution in [2.24, 2.45) is 5.92 Å². The van der Waals surface area contributed by atoms with E-state index >= 15 is 0 Å². The van der Waals surface area contributed by atoms with Crippen LogP contribution in [0.1, 0.15) is 80.0 Å². The second kappa shape index (κ2) is 11.6. The van der Waals surface area contributed by atoms with E-state index in [2.05, 4.69) is 19.9 Å². The van der Waals surface area contributed by atoms with E-state index in [1.807, 2.05) is 0 Å². The van der Waals surface area contributed by atoms with Crippen LogP contribution in [0.2, 0.25) is 0 Å². The molecule has 3 aromatic rings. The Hall–Kier alpha value is -4.20. The molecule has 240 valence electrons. The van der Waals surface area contributed by atoms with E-state index in [0.29, 0.717) is 31.5 Å². The van der Waals surface area contributed by atoms with Gasteiger partial charge in [0, 0.05) is 11.6 Å². The van der Waals surface area contributed by atoms with Crippen LogP contribution in [0.3, 0.4) is 0 Å². The molecule has 9 nitrogen and oxygen atoms in total. The van der Waals surface area contributed by atoms with Gasteiger partial charge in [-0.05, 0) is 81.4 Å². The number of nitrogens with one attached hydrogen (secondary N) is 1. The smallest absolute Gasteiger partial charge is 0.486 e. The van der Waals surface area contributed by atoms with Crippen molar-refractivity contribution in [1.29, 1.82) is 0 Å². The lowest BCUT2D eigenvalue weighted by Crippen LogP contribution is -2.35. The fourth-order valence-electron chi connectivity index (χ4n) is 6.09. The van der Waals surface area contributed by atoms with Crippen LogP contribution in [0, 0.1) is 5.92 Å². The van der Waals surface area contributed by atoms with Gasteiger partial charge in [-0.2, -0.15) is 18.3 Å². The summed E-state index contributed by atoms with van der Waals surface area (Å²) in [5, 5.41) is 7.08. The molecule has 0 spiro atoms. The first-order valence-electron chi connectivity index (χ1n) is 14.6. The van der Waals surface area contributed by atoms with Crippen LogP contribution in [-0.2, 0) is 20.5 Å². The normalized spacial score (nSPS) is 21.6. The molecule has 1 N–H and O–H groups in total. The number of benzene rings is 2. The maximum absolute atomic E-state index is 14.3. The average Bonchev–Trinajstić information content (AvgIpc) is 3.55. The summed E-state index contributed by atoms with van der Waals surface area (Å²) >= 11 is 0. The molecule has 0 saturated carbocycles. The highest BCUT2D eigenvalue weighted by molar-refractivity contribution is 5.90. The molecule has 45 heavy (non-hydrogen) atoms.